The van der Waals surface area contributed by atoms with E-state index in [0.29, 0.717) is 12.5 Å². The molecule has 0 spiro atoms. The first-order valence-corrected chi connectivity index (χ1v) is 9.62. The van der Waals surface area contributed by atoms with Crippen LogP contribution in [0.3, 0.4) is 0 Å². The summed E-state index contributed by atoms with van der Waals surface area (Å²) in [7, 11) is -3.40. The number of sulfone groups is 1. The van der Waals surface area contributed by atoms with E-state index in [2.05, 4.69) is 30.2 Å². The fraction of sp³-hybridized carbons (Fsp3) is 0.389. The molecule has 0 radical (unpaired) electrons. The number of hydrogen-bond donors (Lipinski definition) is 2. The summed E-state index contributed by atoms with van der Waals surface area (Å²) in [6, 6.07) is 10.7. The van der Waals surface area contributed by atoms with Crippen molar-refractivity contribution in [3.8, 4) is 0 Å². The number of nitrogens with zero attached hydrogens (tertiary/aromatic N) is 1. The molecule has 0 saturated heterocycles. The molecule has 0 aliphatic carbocycles. The maximum Gasteiger partial charge on any atom is 0.180 e. The Balaban J connectivity index is 2.05. The minimum atomic E-state index is -3.40. The van der Waals surface area contributed by atoms with Crippen LogP contribution in [0.4, 0.5) is 5.69 Å². The highest BCUT2D eigenvalue weighted by molar-refractivity contribution is 7.91. The van der Waals surface area contributed by atoms with E-state index in [9.17, 15) is 8.42 Å². The summed E-state index contributed by atoms with van der Waals surface area (Å²) in [5.74, 6) is 0.145. The molecule has 2 N–H and O–H groups in total. The number of aliphatic hydroxyl groups excluding tert-OH is 1. The van der Waals surface area contributed by atoms with E-state index in [1.807, 2.05) is 13.0 Å². The summed E-state index contributed by atoms with van der Waals surface area (Å²) >= 11 is 0. The van der Waals surface area contributed by atoms with Gasteiger partial charge in [-0.15, -0.1) is 0 Å². The molecule has 0 atom stereocenters. The van der Waals surface area contributed by atoms with E-state index in [1.54, 1.807) is 24.3 Å². The Hall–Kier alpha value is -1.92. The van der Waals surface area contributed by atoms with Crippen LogP contribution in [0.15, 0.2) is 41.3 Å². The first-order chi connectivity index (χ1) is 11.3. The van der Waals surface area contributed by atoms with Crippen LogP contribution in [-0.4, -0.2) is 30.9 Å². The van der Waals surface area contributed by atoms with E-state index in [-0.39, 0.29) is 17.3 Å². The predicted octanol–water partition coefficient (Wildman–Crippen LogP) is 2.89. The molecular formula is C18H24N2O3S. The zero-order chi connectivity index (χ0) is 17.7. The first kappa shape index (κ1) is 18.4. The quantitative estimate of drug-likeness (QED) is 0.804. The third-order valence-electron chi connectivity index (χ3n) is 3.86. The number of aryl methyl sites for hydroxylation is 1. The van der Waals surface area contributed by atoms with Crippen molar-refractivity contribution in [2.24, 2.45) is 0 Å². The highest BCUT2D eigenvalue weighted by atomic mass is 32.2. The molecule has 1 heterocycles. The monoisotopic (exact) mass is 348 g/mol. The number of hydrogen-bond acceptors (Lipinski definition) is 5. The maximum absolute atomic E-state index is 11.9. The van der Waals surface area contributed by atoms with E-state index >= 15 is 0 Å². The van der Waals surface area contributed by atoms with Gasteiger partial charge in [0.25, 0.3) is 0 Å². The minimum Gasteiger partial charge on any atom is -0.395 e. The fourth-order valence-electron chi connectivity index (χ4n) is 2.33. The van der Waals surface area contributed by atoms with Gasteiger partial charge in [0.15, 0.2) is 9.84 Å². The molecule has 6 heteroatoms. The Kier molecular flexibility index (Phi) is 5.96. The first-order valence-electron chi connectivity index (χ1n) is 7.97. The van der Waals surface area contributed by atoms with Gasteiger partial charge in [0, 0.05) is 23.6 Å². The molecule has 24 heavy (non-hydrogen) atoms. The van der Waals surface area contributed by atoms with Gasteiger partial charge in [-0.05, 0) is 48.7 Å². The van der Waals surface area contributed by atoms with Crippen molar-refractivity contribution in [3.63, 3.8) is 0 Å². The zero-order valence-corrected chi connectivity index (χ0v) is 15.1. The zero-order valence-electron chi connectivity index (χ0n) is 14.3. The molecule has 130 valence electrons. The molecule has 2 aromatic rings. The molecule has 0 unspecified atom stereocenters. The van der Waals surface area contributed by atoms with Gasteiger partial charge in [-0.2, -0.15) is 0 Å². The van der Waals surface area contributed by atoms with Gasteiger partial charge in [-0.1, -0.05) is 19.9 Å². The number of aliphatic hydroxyl groups is 1. The van der Waals surface area contributed by atoms with Gasteiger partial charge in [-0.25, -0.2) is 8.42 Å². The van der Waals surface area contributed by atoms with Crippen LogP contribution in [-0.2, 0) is 16.4 Å². The largest absolute Gasteiger partial charge is 0.395 e. The van der Waals surface area contributed by atoms with Gasteiger partial charge < -0.3 is 10.4 Å². The highest BCUT2D eigenvalue weighted by Gasteiger charge is 2.13. The van der Waals surface area contributed by atoms with E-state index in [4.69, 9.17) is 5.11 Å². The standard InChI is InChI=1S/C18H24N2O3S/c1-13(2)18-9-4-15(14(3)20-18)12-19-16-5-7-17(8-6-16)24(22,23)11-10-21/h4-9,13,19,21H,10-12H2,1-3H3. The van der Waals surface area contributed by atoms with Gasteiger partial charge in [0.2, 0.25) is 0 Å². The molecule has 0 bridgehead atoms. The lowest BCUT2D eigenvalue weighted by atomic mass is 10.1. The summed E-state index contributed by atoms with van der Waals surface area (Å²) in [5, 5.41) is 12.1. The average Bonchev–Trinajstić information content (AvgIpc) is 2.54. The predicted molar refractivity (Wildman–Crippen MR) is 96.0 cm³/mol. The third kappa shape index (κ3) is 4.55. The normalized spacial score (nSPS) is 11.7. The van der Waals surface area contributed by atoms with Gasteiger partial charge >= 0.3 is 0 Å². The number of rotatable bonds is 7. The van der Waals surface area contributed by atoms with Crippen molar-refractivity contribution in [1.29, 1.82) is 0 Å². The minimum absolute atomic E-state index is 0.223. The number of aromatic nitrogens is 1. The molecule has 0 amide bonds. The maximum atomic E-state index is 11.9. The SMILES string of the molecule is Cc1nc(C(C)C)ccc1CNc1ccc(S(=O)(=O)CCO)cc1. The summed E-state index contributed by atoms with van der Waals surface area (Å²) in [4.78, 5) is 4.83. The fourth-order valence-corrected chi connectivity index (χ4v) is 3.36. The molecule has 0 fully saturated rings. The lowest BCUT2D eigenvalue weighted by Crippen LogP contribution is -2.10. The Bertz CT molecular complexity index is 784. The van der Waals surface area contributed by atoms with Crippen LogP contribution in [0.1, 0.15) is 36.7 Å². The summed E-state index contributed by atoms with van der Waals surface area (Å²) < 4.78 is 23.7. The van der Waals surface area contributed by atoms with Crippen LogP contribution in [0.5, 0.6) is 0 Å². The number of nitrogens with one attached hydrogen (secondary N) is 1. The molecule has 0 aliphatic heterocycles. The molecule has 1 aromatic heterocycles. The smallest absolute Gasteiger partial charge is 0.180 e. The second kappa shape index (κ2) is 7.77. The second-order valence-corrected chi connectivity index (χ2v) is 8.16. The van der Waals surface area contributed by atoms with Crippen LogP contribution >= 0.6 is 0 Å². The summed E-state index contributed by atoms with van der Waals surface area (Å²) in [5.41, 5.74) is 4.02. The van der Waals surface area contributed by atoms with Crippen molar-refractivity contribution in [2.45, 2.75) is 38.1 Å². The third-order valence-corrected chi connectivity index (χ3v) is 5.58. The molecule has 1 aromatic carbocycles. The summed E-state index contributed by atoms with van der Waals surface area (Å²) in [6.07, 6.45) is 0. The van der Waals surface area contributed by atoms with Crippen molar-refractivity contribution >= 4 is 15.5 Å². The Morgan fingerprint density at radius 3 is 2.33 bits per heavy atom. The number of pyridine rings is 1. The van der Waals surface area contributed by atoms with Crippen molar-refractivity contribution in [2.75, 3.05) is 17.7 Å². The Morgan fingerprint density at radius 1 is 1.12 bits per heavy atom. The molecule has 0 aliphatic rings. The van der Waals surface area contributed by atoms with Crippen molar-refractivity contribution in [3.05, 3.63) is 53.3 Å². The van der Waals surface area contributed by atoms with E-state index in [0.717, 1.165) is 22.6 Å². The van der Waals surface area contributed by atoms with Gasteiger partial charge in [0.1, 0.15) is 0 Å². The van der Waals surface area contributed by atoms with Crippen LogP contribution in [0.25, 0.3) is 0 Å². The number of benzene rings is 1. The number of anilines is 1. The average molecular weight is 348 g/mol. The van der Waals surface area contributed by atoms with E-state index < -0.39 is 9.84 Å². The Labute approximate surface area is 143 Å². The molecule has 5 nitrogen and oxygen atoms in total. The molecule has 2 rings (SSSR count). The van der Waals surface area contributed by atoms with Crippen LogP contribution < -0.4 is 5.32 Å². The van der Waals surface area contributed by atoms with Gasteiger partial charge in [-0.3, -0.25) is 4.98 Å². The lowest BCUT2D eigenvalue weighted by Gasteiger charge is -2.12. The van der Waals surface area contributed by atoms with E-state index in [1.165, 1.54) is 0 Å². The van der Waals surface area contributed by atoms with Crippen LogP contribution in [0.2, 0.25) is 0 Å². The highest BCUT2D eigenvalue weighted by Crippen LogP contribution is 2.18. The van der Waals surface area contributed by atoms with Crippen LogP contribution in [0, 0.1) is 6.92 Å². The Morgan fingerprint density at radius 2 is 1.79 bits per heavy atom. The van der Waals surface area contributed by atoms with Crippen molar-refractivity contribution in [1.82, 2.24) is 4.98 Å². The topological polar surface area (TPSA) is 79.3 Å². The second-order valence-electron chi connectivity index (χ2n) is 6.06. The van der Waals surface area contributed by atoms with Gasteiger partial charge in [0.05, 0.1) is 17.3 Å². The molecule has 0 saturated carbocycles. The molecular weight excluding hydrogens is 324 g/mol. The summed E-state index contributed by atoms with van der Waals surface area (Å²) in [6.45, 7) is 6.48. The lowest BCUT2D eigenvalue weighted by molar-refractivity contribution is 0.319. The van der Waals surface area contributed by atoms with Crippen molar-refractivity contribution < 1.29 is 13.5 Å².